The number of benzene rings is 2. The highest BCUT2D eigenvalue weighted by molar-refractivity contribution is 5.97. The van der Waals surface area contributed by atoms with E-state index in [0.29, 0.717) is 34.1 Å². The van der Waals surface area contributed by atoms with Gasteiger partial charge in [0.1, 0.15) is 0 Å². The van der Waals surface area contributed by atoms with Gasteiger partial charge in [-0.1, -0.05) is 0 Å². The van der Waals surface area contributed by atoms with Crippen LogP contribution in [0, 0.1) is 5.92 Å². The lowest BCUT2D eigenvalue weighted by Crippen LogP contribution is -2.34. The molecule has 0 heterocycles. The Kier molecular flexibility index (Phi) is 7.54. The third kappa shape index (κ3) is 5.69. The SMILES string of the molecule is COc1cc(C(=O)NCCNC(=O)c2ccc(NC(=O)C3CC3)cc2)cc(OC)c1OC. The van der Waals surface area contributed by atoms with E-state index in [4.69, 9.17) is 14.2 Å². The van der Waals surface area contributed by atoms with Crippen LogP contribution in [0.1, 0.15) is 33.6 Å². The summed E-state index contributed by atoms with van der Waals surface area (Å²) < 4.78 is 15.8. The predicted octanol–water partition coefficient (Wildman–Crippen LogP) is 2.22. The molecular formula is C23H27N3O6. The number of hydrogen-bond donors (Lipinski definition) is 3. The van der Waals surface area contributed by atoms with Crippen molar-refractivity contribution in [3.8, 4) is 17.2 Å². The molecule has 1 aliphatic rings. The van der Waals surface area contributed by atoms with E-state index in [9.17, 15) is 14.4 Å². The Morgan fingerprint density at radius 2 is 1.34 bits per heavy atom. The van der Waals surface area contributed by atoms with Crippen LogP contribution in [0.25, 0.3) is 0 Å². The van der Waals surface area contributed by atoms with Crippen molar-refractivity contribution in [1.29, 1.82) is 0 Å². The molecule has 0 aliphatic heterocycles. The molecule has 1 saturated carbocycles. The van der Waals surface area contributed by atoms with Crippen LogP contribution in [0.2, 0.25) is 0 Å². The van der Waals surface area contributed by atoms with Gasteiger partial charge < -0.3 is 30.2 Å². The lowest BCUT2D eigenvalue weighted by atomic mass is 10.1. The maximum absolute atomic E-state index is 12.5. The van der Waals surface area contributed by atoms with Crippen molar-refractivity contribution in [2.24, 2.45) is 5.92 Å². The van der Waals surface area contributed by atoms with E-state index >= 15 is 0 Å². The third-order valence-electron chi connectivity index (χ3n) is 4.99. The smallest absolute Gasteiger partial charge is 0.251 e. The summed E-state index contributed by atoms with van der Waals surface area (Å²) in [7, 11) is 4.44. The van der Waals surface area contributed by atoms with Crippen molar-refractivity contribution in [3.05, 3.63) is 47.5 Å². The van der Waals surface area contributed by atoms with Crippen molar-refractivity contribution in [2.45, 2.75) is 12.8 Å². The van der Waals surface area contributed by atoms with E-state index < -0.39 is 0 Å². The fourth-order valence-corrected chi connectivity index (χ4v) is 3.06. The lowest BCUT2D eigenvalue weighted by molar-refractivity contribution is -0.117. The summed E-state index contributed by atoms with van der Waals surface area (Å²) in [6.45, 7) is 0.478. The van der Waals surface area contributed by atoms with Crippen molar-refractivity contribution in [3.63, 3.8) is 0 Å². The minimum atomic E-state index is -0.339. The number of nitrogens with one attached hydrogen (secondary N) is 3. The highest BCUT2D eigenvalue weighted by atomic mass is 16.5. The van der Waals surface area contributed by atoms with Crippen LogP contribution < -0.4 is 30.2 Å². The molecule has 1 fully saturated rings. The average molecular weight is 441 g/mol. The molecule has 2 aromatic rings. The zero-order chi connectivity index (χ0) is 23.1. The second kappa shape index (κ2) is 10.5. The third-order valence-corrected chi connectivity index (χ3v) is 4.99. The summed E-state index contributed by atoms with van der Waals surface area (Å²) in [6.07, 6.45) is 1.87. The molecule has 170 valence electrons. The Balaban J connectivity index is 1.47. The standard InChI is InChI=1S/C23H27N3O6/c1-30-18-12-16(13-19(31-2)20(18)32-3)22(28)25-11-10-24-21(27)14-6-8-17(9-7-14)26-23(29)15-4-5-15/h6-9,12-13,15H,4-5,10-11H2,1-3H3,(H,24,27)(H,25,28)(H,26,29). The fraction of sp³-hybridized carbons (Fsp3) is 0.348. The molecule has 0 aromatic heterocycles. The van der Waals surface area contributed by atoms with E-state index in [1.165, 1.54) is 21.3 Å². The Labute approximate surface area is 186 Å². The first-order chi connectivity index (χ1) is 15.5. The molecule has 0 unspecified atom stereocenters. The molecule has 1 aliphatic carbocycles. The largest absolute Gasteiger partial charge is 0.493 e. The van der Waals surface area contributed by atoms with Crippen LogP contribution in [-0.2, 0) is 4.79 Å². The number of methoxy groups -OCH3 is 3. The lowest BCUT2D eigenvalue weighted by Gasteiger charge is -2.14. The van der Waals surface area contributed by atoms with Crippen LogP contribution in [0.15, 0.2) is 36.4 Å². The molecule has 0 bridgehead atoms. The minimum Gasteiger partial charge on any atom is -0.493 e. The van der Waals surface area contributed by atoms with Gasteiger partial charge in [0.15, 0.2) is 11.5 Å². The Bertz CT molecular complexity index is 961. The highest BCUT2D eigenvalue weighted by Gasteiger charge is 2.29. The number of carbonyl (C=O) groups excluding carboxylic acids is 3. The molecule has 0 atom stereocenters. The molecule has 0 saturated heterocycles. The Hall–Kier alpha value is -3.75. The molecular weight excluding hydrogens is 414 g/mol. The zero-order valence-electron chi connectivity index (χ0n) is 18.3. The molecule has 9 nitrogen and oxygen atoms in total. The van der Waals surface area contributed by atoms with Gasteiger partial charge in [0.2, 0.25) is 11.7 Å². The summed E-state index contributed by atoms with van der Waals surface area (Å²) in [5, 5.41) is 8.32. The van der Waals surface area contributed by atoms with Crippen molar-refractivity contribution >= 4 is 23.4 Å². The van der Waals surface area contributed by atoms with E-state index in [0.717, 1.165) is 12.8 Å². The van der Waals surface area contributed by atoms with Gasteiger partial charge in [-0.3, -0.25) is 14.4 Å². The van der Waals surface area contributed by atoms with Gasteiger partial charge in [-0.2, -0.15) is 0 Å². The van der Waals surface area contributed by atoms with E-state index in [1.807, 2.05) is 0 Å². The summed E-state index contributed by atoms with van der Waals surface area (Å²) in [6, 6.07) is 9.79. The second-order valence-corrected chi connectivity index (χ2v) is 7.27. The summed E-state index contributed by atoms with van der Waals surface area (Å²) in [5.41, 5.74) is 1.47. The summed E-state index contributed by atoms with van der Waals surface area (Å²) >= 11 is 0. The molecule has 0 spiro atoms. The molecule has 2 aromatic carbocycles. The Morgan fingerprint density at radius 1 is 0.812 bits per heavy atom. The van der Waals surface area contributed by atoms with Gasteiger partial charge in [0, 0.05) is 35.8 Å². The van der Waals surface area contributed by atoms with Gasteiger partial charge in [-0.05, 0) is 49.2 Å². The quantitative estimate of drug-likeness (QED) is 0.487. The first-order valence-corrected chi connectivity index (χ1v) is 10.2. The van der Waals surface area contributed by atoms with E-state index in [-0.39, 0.29) is 36.7 Å². The zero-order valence-corrected chi connectivity index (χ0v) is 18.3. The molecule has 32 heavy (non-hydrogen) atoms. The van der Waals surface area contributed by atoms with Gasteiger partial charge >= 0.3 is 0 Å². The fourth-order valence-electron chi connectivity index (χ4n) is 3.06. The summed E-state index contributed by atoms with van der Waals surface area (Å²) in [4.78, 5) is 36.5. The molecule has 3 N–H and O–H groups in total. The average Bonchev–Trinajstić information content (AvgIpc) is 3.66. The van der Waals surface area contributed by atoms with Crippen LogP contribution >= 0.6 is 0 Å². The van der Waals surface area contributed by atoms with Gasteiger partial charge in [-0.25, -0.2) is 0 Å². The van der Waals surface area contributed by atoms with Gasteiger partial charge in [0.05, 0.1) is 21.3 Å². The van der Waals surface area contributed by atoms with Crippen LogP contribution in [0.4, 0.5) is 5.69 Å². The first-order valence-electron chi connectivity index (χ1n) is 10.2. The maximum atomic E-state index is 12.5. The monoisotopic (exact) mass is 441 g/mol. The number of anilines is 1. The van der Waals surface area contributed by atoms with Crippen LogP contribution in [0.5, 0.6) is 17.2 Å². The number of ether oxygens (including phenoxy) is 3. The van der Waals surface area contributed by atoms with Crippen molar-refractivity contribution in [2.75, 3.05) is 39.7 Å². The molecule has 0 radical (unpaired) electrons. The number of rotatable bonds is 10. The van der Waals surface area contributed by atoms with Crippen LogP contribution in [-0.4, -0.2) is 52.1 Å². The molecule has 9 heteroatoms. The second-order valence-electron chi connectivity index (χ2n) is 7.27. The van der Waals surface area contributed by atoms with Crippen molar-refractivity contribution < 1.29 is 28.6 Å². The van der Waals surface area contributed by atoms with Gasteiger partial charge in [-0.15, -0.1) is 0 Å². The normalized spacial score (nSPS) is 12.5. The summed E-state index contributed by atoms with van der Waals surface area (Å²) in [5.74, 6) is 0.681. The maximum Gasteiger partial charge on any atom is 0.251 e. The van der Waals surface area contributed by atoms with Crippen molar-refractivity contribution in [1.82, 2.24) is 10.6 Å². The number of amides is 3. The molecule has 3 rings (SSSR count). The van der Waals surface area contributed by atoms with E-state index in [1.54, 1.807) is 36.4 Å². The van der Waals surface area contributed by atoms with E-state index in [2.05, 4.69) is 16.0 Å². The topological polar surface area (TPSA) is 115 Å². The Morgan fingerprint density at radius 3 is 1.81 bits per heavy atom. The number of carbonyl (C=O) groups is 3. The molecule has 3 amide bonds. The first kappa shape index (κ1) is 22.9. The highest BCUT2D eigenvalue weighted by Crippen LogP contribution is 2.38. The number of hydrogen-bond acceptors (Lipinski definition) is 6. The van der Waals surface area contributed by atoms with Crippen LogP contribution in [0.3, 0.4) is 0 Å². The predicted molar refractivity (Wildman–Crippen MR) is 119 cm³/mol. The minimum absolute atomic E-state index is 0.0186. The van der Waals surface area contributed by atoms with Gasteiger partial charge in [0.25, 0.3) is 11.8 Å².